The van der Waals surface area contributed by atoms with Crippen molar-refractivity contribution in [3.8, 4) is 0 Å². The molecule has 3 N–H and O–H groups in total. The Morgan fingerprint density at radius 2 is 2.07 bits per heavy atom. The lowest BCUT2D eigenvalue weighted by molar-refractivity contribution is 0.0785. The molecule has 4 rings (SSSR count). The van der Waals surface area contributed by atoms with E-state index in [1.54, 1.807) is 0 Å². The molecule has 152 valence electrons. The Hall–Kier alpha value is -2.15. The van der Waals surface area contributed by atoms with Crippen LogP contribution in [-0.2, 0) is 0 Å². The van der Waals surface area contributed by atoms with Crippen molar-refractivity contribution in [1.82, 2.24) is 4.90 Å². The number of amides is 1. The summed E-state index contributed by atoms with van der Waals surface area (Å²) in [6.07, 6.45) is 2.09. The van der Waals surface area contributed by atoms with E-state index in [1.807, 2.05) is 5.01 Å². The van der Waals surface area contributed by atoms with E-state index in [2.05, 4.69) is 37.9 Å². The average Bonchev–Trinajstić information content (AvgIpc) is 3.09. The number of likely N-dealkylation sites (tertiary alicyclic amines) is 1. The quantitative estimate of drug-likeness (QED) is 0.832. The zero-order valence-electron chi connectivity index (χ0n) is 17.1. The molecule has 1 saturated heterocycles. The fourth-order valence-corrected chi connectivity index (χ4v) is 5.26. The zero-order chi connectivity index (χ0) is 20.2. The van der Waals surface area contributed by atoms with Crippen LogP contribution in [0.4, 0.5) is 15.8 Å². The molecule has 2 unspecified atom stereocenters. The van der Waals surface area contributed by atoms with E-state index < -0.39 is 11.7 Å². The van der Waals surface area contributed by atoms with Crippen molar-refractivity contribution in [2.24, 2.45) is 28.1 Å². The molecule has 1 amide bonds. The van der Waals surface area contributed by atoms with E-state index in [9.17, 15) is 9.18 Å². The minimum atomic E-state index is -0.636. The lowest BCUT2D eigenvalue weighted by Crippen LogP contribution is -2.50. The number of hydrogen-bond donors (Lipinski definition) is 2. The summed E-state index contributed by atoms with van der Waals surface area (Å²) in [7, 11) is 0. The molecule has 28 heavy (non-hydrogen) atoms. The molecule has 0 aromatic heterocycles. The van der Waals surface area contributed by atoms with Crippen molar-refractivity contribution in [3.63, 3.8) is 0 Å². The van der Waals surface area contributed by atoms with Crippen molar-refractivity contribution >= 4 is 23.0 Å². The first kappa shape index (κ1) is 19.2. The summed E-state index contributed by atoms with van der Waals surface area (Å²) in [6.45, 7) is 12.2. The van der Waals surface area contributed by atoms with Gasteiger partial charge in [0.25, 0.3) is 5.91 Å². The predicted molar refractivity (Wildman–Crippen MR) is 110 cm³/mol. The van der Waals surface area contributed by atoms with Gasteiger partial charge in [-0.3, -0.25) is 4.79 Å². The van der Waals surface area contributed by atoms with Crippen LogP contribution in [0.15, 0.2) is 17.2 Å². The lowest BCUT2D eigenvalue weighted by atomic mass is 9.67. The molecule has 0 saturated carbocycles. The number of piperidine rings is 1. The Labute approximate surface area is 165 Å². The van der Waals surface area contributed by atoms with Gasteiger partial charge in [-0.2, -0.15) is 5.10 Å². The Kier molecular flexibility index (Phi) is 4.61. The van der Waals surface area contributed by atoms with Gasteiger partial charge in [0.1, 0.15) is 12.0 Å². The van der Waals surface area contributed by atoms with Crippen LogP contribution in [-0.4, -0.2) is 42.3 Å². The van der Waals surface area contributed by atoms with Crippen molar-refractivity contribution in [1.29, 1.82) is 0 Å². The number of fused-ring (bicyclic) bond motifs is 3. The number of nitrogens with zero attached hydrogens (tertiary/aromatic N) is 3. The molecule has 2 atom stereocenters. The topological polar surface area (TPSA) is 74.0 Å². The number of nitrogens with two attached hydrogens (primary N) is 1. The third kappa shape index (κ3) is 3.05. The lowest BCUT2D eigenvalue weighted by Gasteiger charge is -2.45. The van der Waals surface area contributed by atoms with Crippen molar-refractivity contribution in [2.45, 2.75) is 46.7 Å². The first-order valence-electron chi connectivity index (χ1n) is 10.2. The minimum absolute atomic E-state index is 0.0982. The van der Waals surface area contributed by atoms with Crippen molar-refractivity contribution < 1.29 is 9.18 Å². The second-order valence-corrected chi connectivity index (χ2v) is 9.22. The largest absolute Gasteiger partial charge is 0.366 e. The van der Waals surface area contributed by atoms with Gasteiger partial charge in [-0.25, -0.2) is 9.40 Å². The third-order valence-corrected chi connectivity index (χ3v) is 6.54. The average molecular weight is 388 g/mol. The standard InChI is InChI=1S/C21H30FN5O/c1-12(2)11-26-7-5-21(4,6-8-26)17-13(3)25-27-18-15(19(23)28)9-14(22)10-16(18)24-20(17)27/h9-10,12,17,20,24H,5-8,11H2,1-4H3,(H2,23,28). The molecule has 3 aliphatic heterocycles. The third-order valence-electron chi connectivity index (χ3n) is 6.54. The number of halogens is 1. The summed E-state index contributed by atoms with van der Waals surface area (Å²) < 4.78 is 14.0. The smallest absolute Gasteiger partial charge is 0.251 e. The normalized spacial score (nSPS) is 26.1. The van der Waals surface area contributed by atoms with Crippen LogP contribution in [0.5, 0.6) is 0 Å². The second kappa shape index (κ2) is 6.72. The highest BCUT2D eigenvalue weighted by molar-refractivity contribution is 6.05. The molecular formula is C21H30FN5O. The Balaban J connectivity index is 1.61. The van der Waals surface area contributed by atoms with Gasteiger partial charge in [-0.05, 0) is 56.3 Å². The number of carbonyl (C=O) groups excluding carboxylic acids is 1. The van der Waals surface area contributed by atoms with Gasteiger partial charge in [-0.15, -0.1) is 0 Å². The number of primary amides is 1. The number of benzene rings is 1. The van der Waals surface area contributed by atoms with Crippen molar-refractivity contribution in [2.75, 3.05) is 30.0 Å². The first-order chi connectivity index (χ1) is 13.2. The number of hydrogen-bond acceptors (Lipinski definition) is 5. The van der Waals surface area contributed by atoms with Crippen LogP contribution in [0.1, 0.15) is 50.9 Å². The van der Waals surface area contributed by atoms with Gasteiger partial charge in [0.2, 0.25) is 0 Å². The summed E-state index contributed by atoms with van der Waals surface area (Å²) in [5.74, 6) is -0.234. The van der Waals surface area contributed by atoms with Crippen LogP contribution in [0.3, 0.4) is 0 Å². The molecule has 0 bridgehead atoms. The van der Waals surface area contributed by atoms with Crippen LogP contribution in [0, 0.1) is 23.1 Å². The number of carbonyl (C=O) groups is 1. The molecule has 3 aliphatic rings. The number of anilines is 2. The molecular weight excluding hydrogens is 357 g/mol. The maximum Gasteiger partial charge on any atom is 0.251 e. The monoisotopic (exact) mass is 387 g/mol. The highest BCUT2D eigenvalue weighted by Crippen LogP contribution is 2.50. The van der Waals surface area contributed by atoms with Crippen LogP contribution in [0.2, 0.25) is 0 Å². The Morgan fingerprint density at radius 1 is 1.39 bits per heavy atom. The molecule has 0 aliphatic carbocycles. The fourth-order valence-electron chi connectivity index (χ4n) is 5.26. The summed E-state index contributed by atoms with van der Waals surface area (Å²) in [5.41, 5.74) is 8.05. The predicted octanol–water partition coefficient (Wildman–Crippen LogP) is 3.25. The summed E-state index contributed by atoms with van der Waals surface area (Å²) in [4.78, 5) is 14.4. The van der Waals surface area contributed by atoms with Gasteiger partial charge in [0.05, 0.1) is 16.9 Å². The molecule has 0 spiro atoms. The molecule has 0 radical (unpaired) electrons. The van der Waals surface area contributed by atoms with E-state index in [-0.39, 0.29) is 23.1 Å². The number of nitrogens with one attached hydrogen (secondary N) is 1. The van der Waals surface area contributed by atoms with Crippen molar-refractivity contribution in [3.05, 3.63) is 23.5 Å². The minimum Gasteiger partial charge on any atom is -0.366 e. The molecule has 6 nitrogen and oxygen atoms in total. The number of hydrazone groups is 1. The van der Waals surface area contributed by atoms with E-state index in [0.717, 1.165) is 38.2 Å². The molecule has 7 heteroatoms. The SMILES string of the molecule is CC1=NN2c3c(cc(F)cc3C(N)=O)NC2C1C1(C)CCN(CC(C)C)CC1. The molecule has 1 aromatic rings. The maximum absolute atomic E-state index is 14.0. The van der Waals surface area contributed by atoms with Crippen LogP contribution >= 0.6 is 0 Å². The highest BCUT2D eigenvalue weighted by Gasteiger charge is 2.51. The van der Waals surface area contributed by atoms with E-state index in [4.69, 9.17) is 10.8 Å². The van der Waals surface area contributed by atoms with E-state index in [1.165, 1.54) is 12.1 Å². The van der Waals surface area contributed by atoms with Crippen LogP contribution < -0.4 is 16.1 Å². The molecule has 1 fully saturated rings. The Bertz CT molecular complexity index is 828. The first-order valence-corrected chi connectivity index (χ1v) is 10.2. The van der Waals surface area contributed by atoms with Gasteiger partial charge >= 0.3 is 0 Å². The van der Waals surface area contributed by atoms with Gasteiger partial charge in [-0.1, -0.05) is 20.8 Å². The summed E-state index contributed by atoms with van der Waals surface area (Å²) >= 11 is 0. The summed E-state index contributed by atoms with van der Waals surface area (Å²) in [5, 5.41) is 10.1. The Morgan fingerprint density at radius 3 is 2.68 bits per heavy atom. The zero-order valence-corrected chi connectivity index (χ0v) is 17.1. The fraction of sp³-hybridized carbons (Fsp3) is 0.619. The molecule has 1 aromatic carbocycles. The van der Waals surface area contributed by atoms with E-state index >= 15 is 0 Å². The number of rotatable bonds is 4. The van der Waals surface area contributed by atoms with Crippen LogP contribution in [0.25, 0.3) is 0 Å². The van der Waals surface area contributed by atoms with E-state index in [0.29, 0.717) is 17.3 Å². The second-order valence-electron chi connectivity index (χ2n) is 9.22. The molecule has 3 heterocycles. The highest BCUT2D eigenvalue weighted by atomic mass is 19.1. The van der Waals surface area contributed by atoms with Gasteiger partial charge < -0.3 is 16.0 Å². The maximum atomic E-state index is 14.0. The summed E-state index contributed by atoms with van der Waals surface area (Å²) in [6, 6.07) is 2.63. The van der Waals surface area contributed by atoms with Gasteiger partial charge in [0.15, 0.2) is 0 Å². The van der Waals surface area contributed by atoms with Gasteiger partial charge in [0, 0.05) is 18.2 Å².